The van der Waals surface area contributed by atoms with Gasteiger partial charge in [-0.3, -0.25) is 9.57 Å². The summed E-state index contributed by atoms with van der Waals surface area (Å²) >= 11 is 12.2. The first-order valence-corrected chi connectivity index (χ1v) is 13.1. The average molecular weight is 521 g/mol. The second kappa shape index (κ2) is 10.6. The Kier molecular flexibility index (Phi) is 9.11. The first kappa shape index (κ1) is 27.4. The smallest absolute Gasteiger partial charge is 0.417 e. The number of carboxylic acids is 1. The van der Waals surface area contributed by atoms with Crippen molar-refractivity contribution in [3.63, 3.8) is 0 Å². The zero-order valence-electron chi connectivity index (χ0n) is 17.4. The molecular weight excluding hydrogens is 492 g/mol. The second-order valence-corrected chi connectivity index (χ2v) is 12.0. The Bertz CT molecular complexity index is 855. The zero-order chi connectivity index (χ0) is 24.3. The number of aliphatic hydroxyl groups is 1. The Hall–Kier alpha value is -0.810. The van der Waals surface area contributed by atoms with Crippen LogP contribution in [0.5, 0.6) is 0 Å². The van der Waals surface area contributed by atoms with Gasteiger partial charge in [0.05, 0.1) is 0 Å². The molecule has 3 unspecified atom stereocenters. The van der Waals surface area contributed by atoms with Crippen LogP contribution in [0.4, 0.5) is 13.2 Å². The molecule has 4 atom stereocenters. The van der Waals surface area contributed by atoms with Crippen molar-refractivity contribution in [1.29, 1.82) is 4.78 Å². The van der Waals surface area contributed by atoms with E-state index in [4.69, 9.17) is 38.8 Å². The van der Waals surface area contributed by atoms with E-state index < -0.39 is 57.4 Å². The normalized spacial score (nSPS) is 29.3. The molecule has 6 nitrogen and oxygen atoms in total. The number of nitrogens with one attached hydrogen (secondary N) is 1. The van der Waals surface area contributed by atoms with Crippen LogP contribution in [0.15, 0.2) is 22.2 Å². The largest absolute Gasteiger partial charge is 0.480 e. The van der Waals surface area contributed by atoms with E-state index >= 15 is 0 Å². The summed E-state index contributed by atoms with van der Waals surface area (Å²) in [4.78, 5) is 10.8. The molecule has 184 valence electrons. The first-order chi connectivity index (χ1) is 14.7. The highest BCUT2D eigenvalue weighted by atomic mass is 35.5. The highest BCUT2D eigenvalue weighted by Crippen LogP contribution is 2.49. The third-order valence-electron chi connectivity index (χ3n) is 6.59. The molecular formula is C20H29Cl2F3N2O4S. The zero-order valence-corrected chi connectivity index (χ0v) is 19.7. The van der Waals surface area contributed by atoms with Gasteiger partial charge >= 0.3 is 12.1 Å². The SMILES string of the molecule is N=S(=O)(CC[C@H](N)C(=O)O)CCC(O)([C@H]1CC[C@@H](C2CC=C(Cl)C=C2Cl)CC1)C(F)(F)F. The number of carboxylic acid groups (broad SMARTS) is 1. The minimum Gasteiger partial charge on any atom is -0.480 e. The van der Waals surface area contributed by atoms with Crippen molar-refractivity contribution in [2.75, 3.05) is 11.5 Å². The predicted octanol–water partition coefficient (Wildman–Crippen LogP) is 4.59. The Morgan fingerprint density at radius 3 is 2.34 bits per heavy atom. The molecule has 12 heteroatoms. The topological polar surface area (TPSA) is 124 Å². The van der Waals surface area contributed by atoms with E-state index in [1.54, 1.807) is 6.08 Å². The molecule has 5 N–H and O–H groups in total. The lowest BCUT2D eigenvalue weighted by atomic mass is 9.68. The fraction of sp³-hybridized carbons (Fsp3) is 0.750. The number of hydrogen-bond donors (Lipinski definition) is 4. The molecule has 0 amide bonds. The average Bonchev–Trinajstić information content (AvgIpc) is 2.69. The van der Waals surface area contributed by atoms with E-state index in [-0.39, 0.29) is 31.1 Å². The Morgan fingerprint density at radius 2 is 1.84 bits per heavy atom. The lowest BCUT2D eigenvalue weighted by molar-refractivity contribution is -0.284. The summed E-state index contributed by atoms with van der Waals surface area (Å²) in [6, 6.07) is -1.34. The van der Waals surface area contributed by atoms with E-state index in [1.165, 1.54) is 0 Å². The van der Waals surface area contributed by atoms with Crippen molar-refractivity contribution in [2.45, 2.75) is 62.8 Å². The molecule has 1 saturated carbocycles. The van der Waals surface area contributed by atoms with Crippen molar-refractivity contribution >= 4 is 38.9 Å². The van der Waals surface area contributed by atoms with Crippen LogP contribution >= 0.6 is 23.2 Å². The van der Waals surface area contributed by atoms with Crippen LogP contribution in [-0.4, -0.2) is 49.7 Å². The summed E-state index contributed by atoms with van der Waals surface area (Å²) in [5.74, 6) is -3.48. The monoisotopic (exact) mass is 520 g/mol. The molecule has 2 rings (SSSR count). The third-order valence-corrected chi connectivity index (χ3v) is 9.00. The van der Waals surface area contributed by atoms with Crippen molar-refractivity contribution in [2.24, 2.45) is 23.5 Å². The van der Waals surface area contributed by atoms with E-state index in [1.807, 2.05) is 6.08 Å². The Balaban J connectivity index is 2.02. The van der Waals surface area contributed by atoms with E-state index in [2.05, 4.69) is 0 Å². The number of aliphatic carboxylic acids is 1. The maximum Gasteiger partial charge on any atom is 0.417 e. The van der Waals surface area contributed by atoms with Gasteiger partial charge < -0.3 is 15.9 Å². The van der Waals surface area contributed by atoms with Crippen molar-refractivity contribution < 1.29 is 32.4 Å². The van der Waals surface area contributed by atoms with Crippen molar-refractivity contribution in [1.82, 2.24) is 0 Å². The number of halogens is 5. The third kappa shape index (κ3) is 6.85. The summed E-state index contributed by atoms with van der Waals surface area (Å²) in [6.45, 7) is 0. The van der Waals surface area contributed by atoms with Gasteiger partial charge in [-0.15, -0.1) is 0 Å². The standard InChI is InChI=1S/C20H29Cl2F3N2O4S/c21-14-5-6-15(16(22)11-14)12-1-3-13(4-2-12)19(30,20(23,24)25)8-10-32(27,31)9-7-17(26)18(28)29/h5,11-13,15,17,27,30H,1-4,6-10,26H2,(H,28,29)/t12-,13+,15?,17-,19?,32?/m0/s1. The predicted molar refractivity (Wildman–Crippen MR) is 118 cm³/mol. The highest BCUT2D eigenvalue weighted by molar-refractivity contribution is 7.92. The van der Waals surface area contributed by atoms with Gasteiger partial charge in [0, 0.05) is 37.2 Å². The summed E-state index contributed by atoms with van der Waals surface area (Å²) in [7, 11) is -3.53. The van der Waals surface area contributed by atoms with Crippen LogP contribution in [0.2, 0.25) is 0 Å². The van der Waals surface area contributed by atoms with Crippen LogP contribution in [0.1, 0.15) is 44.9 Å². The minimum atomic E-state index is -4.95. The molecule has 0 radical (unpaired) electrons. The molecule has 0 aromatic rings. The summed E-state index contributed by atoms with van der Waals surface area (Å²) < 4.78 is 61.9. The lowest BCUT2D eigenvalue weighted by Crippen LogP contribution is -2.53. The van der Waals surface area contributed by atoms with E-state index in [0.29, 0.717) is 29.3 Å². The van der Waals surface area contributed by atoms with E-state index in [9.17, 15) is 27.3 Å². The van der Waals surface area contributed by atoms with Crippen LogP contribution in [0.25, 0.3) is 0 Å². The maximum atomic E-state index is 13.9. The fourth-order valence-corrected chi connectivity index (χ4v) is 6.63. The molecule has 0 aromatic heterocycles. The summed E-state index contributed by atoms with van der Waals surface area (Å²) in [6.07, 6.45) is -0.861. The molecule has 1 fully saturated rings. The summed E-state index contributed by atoms with van der Waals surface area (Å²) in [5.41, 5.74) is 2.26. The quantitative estimate of drug-likeness (QED) is 0.353. The highest BCUT2D eigenvalue weighted by Gasteiger charge is 2.58. The Labute approximate surface area is 196 Å². The molecule has 0 aromatic carbocycles. The molecule has 2 aliphatic carbocycles. The van der Waals surface area contributed by atoms with Gasteiger partial charge in [0.2, 0.25) is 0 Å². The van der Waals surface area contributed by atoms with E-state index in [0.717, 1.165) is 0 Å². The molecule has 2 aliphatic rings. The maximum absolute atomic E-state index is 13.9. The van der Waals surface area contributed by atoms with Crippen molar-refractivity contribution in [3.05, 3.63) is 22.2 Å². The molecule has 0 bridgehead atoms. The lowest BCUT2D eigenvalue weighted by Gasteiger charge is -2.43. The first-order valence-electron chi connectivity index (χ1n) is 10.4. The van der Waals surface area contributed by atoms with Crippen LogP contribution in [0, 0.1) is 22.5 Å². The number of alkyl halides is 3. The molecule has 0 aliphatic heterocycles. The van der Waals surface area contributed by atoms with Crippen LogP contribution in [0.3, 0.4) is 0 Å². The fourth-order valence-electron chi connectivity index (χ4n) is 4.51. The number of rotatable bonds is 9. The number of hydrogen-bond acceptors (Lipinski definition) is 5. The van der Waals surface area contributed by atoms with Crippen LogP contribution in [-0.2, 0) is 14.5 Å². The second-order valence-electron chi connectivity index (χ2n) is 8.70. The van der Waals surface area contributed by atoms with Gasteiger partial charge in [-0.25, -0.2) is 4.21 Å². The molecule has 0 heterocycles. The van der Waals surface area contributed by atoms with Gasteiger partial charge in [-0.2, -0.15) is 13.2 Å². The van der Waals surface area contributed by atoms with Gasteiger partial charge in [-0.05, 0) is 62.9 Å². The van der Waals surface area contributed by atoms with Gasteiger partial charge in [0.1, 0.15) is 6.04 Å². The summed E-state index contributed by atoms with van der Waals surface area (Å²) in [5, 5.41) is 20.6. The van der Waals surface area contributed by atoms with Crippen LogP contribution < -0.4 is 5.73 Å². The Morgan fingerprint density at radius 1 is 1.25 bits per heavy atom. The number of carbonyl (C=O) groups is 1. The van der Waals surface area contributed by atoms with Gasteiger partial charge in [0.15, 0.2) is 5.60 Å². The number of nitrogens with two attached hydrogens (primary N) is 1. The minimum absolute atomic E-state index is 0.00971. The molecule has 0 spiro atoms. The van der Waals surface area contributed by atoms with Gasteiger partial charge in [-0.1, -0.05) is 29.3 Å². The van der Waals surface area contributed by atoms with Crippen molar-refractivity contribution in [3.8, 4) is 0 Å². The van der Waals surface area contributed by atoms with Gasteiger partial charge in [0.25, 0.3) is 0 Å². The molecule has 32 heavy (non-hydrogen) atoms. The molecule has 0 saturated heterocycles. The number of allylic oxidation sites excluding steroid dienone is 4.